The molecule has 4 nitrogen and oxygen atoms in total. The summed E-state index contributed by atoms with van der Waals surface area (Å²) in [5, 5.41) is 30.6. The molecule has 0 aromatic heterocycles. The first-order valence-electron chi connectivity index (χ1n) is 9.77. The largest absolute Gasteiger partial charge is 0.481 e. The van der Waals surface area contributed by atoms with E-state index in [0.29, 0.717) is 5.92 Å². The van der Waals surface area contributed by atoms with Crippen molar-refractivity contribution in [2.75, 3.05) is 6.61 Å². The van der Waals surface area contributed by atoms with E-state index in [1.54, 1.807) is 0 Å². The minimum atomic E-state index is -0.900. The van der Waals surface area contributed by atoms with Gasteiger partial charge in [-0.25, -0.2) is 0 Å². The molecule has 0 unspecified atom stereocenters. The molecule has 4 heteroatoms. The summed E-state index contributed by atoms with van der Waals surface area (Å²) in [6, 6.07) is 0. The summed E-state index contributed by atoms with van der Waals surface area (Å²) in [7, 11) is 0. The number of aliphatic hydroxyl groups is 2. The number of hydrogen-bond acceptors (Lipinski definition) is 3. The molecule has 7 atom stereocenters. The Hall–Kier alpha value is -0.610. The van der Waals surface area contributed by atoms with Crippen molar-refractivity contribution in [3.05, 3.63) is 0 Å². The normalized spacial score (nSPS) is 56.4. The number of rotatable bonds is 2. The van der Waals surface area contributed by atoms with Crippen LogP contribution in [0.3, 0.4) is 0 Å². The number of aliphatic carboxylic acids is 1. The molecule has 4 aliphatic carbocycles. The Kier molecular flexibility index (Phi) is 3.49. The molecule has 136 valence electrons. The van der Waals surface area contributed by atoms with Crippen molar-refractivity contribution >= 4 is 5.97 Å². The van der Waals surface area contributed by atoms with Crippen molar-refractivity contribution in [3.63, 3.8) is 0 Å². The number of aliphatic hydroxyl groups excluding tert-OH is 1. The van der Waals surface area contributed by atoms with Gasteiger partial charge in [0.05, 0.1) is 17.6 Å². The van der Waals surface area contributed by atoms with Crippen molar-refractivity contribution in [1.82, 2.24) is 0 Å². The van der Waals surface area contributed by atoms with E-state index in [-0.39, 0.29) is 29.3 Å². The molecular formula is C20H32O4. The first kappa shape index (κ1) is 16.8. The van der Waals surface area contributed by atoms with Gasteiger partial charge in [-0.2, -0.15) is 0 Å². The summed E-state index contributed by atoms with van der Waals surface area (Å²) in [5.74, 6) is 0.348. The highest BCUT2D eigenvalue weighted by molar-refractivity contribution is 5.75. The lowest BCUT2D eigenvalue weighted by molar-refractivity contribution is -0.181. The van der Waals surface area contributed by atoms with Gasteiger partial charge in [0.2, 0.25) is 0 Å². The standard InChI is InChI=1S/C20H32O4/c1-17-7-3-8-18(2,16(22)23)14(17)6-9-19-10-13(4-5-15(17)19)20(24,11-19)12-21/h13-15,21,24H,3-12H2,1-2H3,(H,22,23)/t13-,14+,15-,17-,18-,19-,20+/m0/s1. The molecule has 0 aliphatic heterocycles. The molecule has 24 heavy (non-hydrogen) atoms. The maximum atomic E-state index is 12.1. The lowest BCUT2D eigenvalue weighted by atomic mass is 9.41. The van der Waals surface area contributed by atoms with Crippen LogP contribution in [0.1, 0.15) is 71.6 Å². The minimum absolute atomic E-state index is 0.0648. The monoisotopic (exact) mass is 336 g/mol. The van der Waals surface area contributed by atoms with E-state index in [4.69, 9.17) is 0 Å². The summed E-state index contributed by atoms with van der Waals surface area (Å²) in [4.78, 5) is 12.1. The lowest BCUT2D eigenvalue weighted by Gasteiger charge is -2.63. The number of carboxylic acid groups (broad SMARTS) is 1. The summed E-state index contributed by atoms with van der Waals surface area (Å²) >= 11 is 0. The van der Waals surface area contributed by atoms with Crippen LogP contribution in [0.25, 0.3) is 0 Å². The van der Waals surface area contributed by atoms with Crippen LogP contribution >= 0.6 is 0 Å². The van der Waals surface area contributed by atoms with Crippen LogP contribution in [-0.2, 0) is 4.79 Å². The average molecular weight is 336 g/mol. The second-order valence-electron chi connectivity index (χ2n) is 10.0. The first-order valence-corrected chi connectivity index (χ1v) is 9.77. The van der Waals surface area contributed by atoms with E-state index in [9.17, 15) is 20.1 Å². The Balaban J connectivity index is 1.73. The molecule has 0 aromatic carbocycles. The molecule has 0 radical (unpaired) electrons. The Bertz CT molecular complexity index is 562. The molecule has 0 amide bonds. The highest BCUT2D eigenvalue weighted by Gasteiger charge is 2.68. The molecule has 4 saturated carbocycles. The van der Waals surface area contributed by atoms with E-state index < -0.39 is 17.0 Å². The van der Waals surface area contributed by atoms with Gasteiger partial charge < -0.3 is 15.3 Å². The zero-order valence-electron chi connectivity index (χ0n) is 15.1. The minimum Gasteiger partial charge on any atom is -0.481 e. The van der Waals surface area contributed by atoms with Crippen molar-refractivity contribution in [2.24, 2.45) is 34.0 Å². The van der Waals surface area contributed by atoms with Crippen LogP contribution in [0, 0.1) is 34.0 Å². The summed E-state index contributed by atoms with van der Waals surface area (Å²) in [5.41, 5.74) is -1.31. The zero-order valence-corrected chi connectivity index (χ0v) is 15.1. The topological polar surface area (TPSA) is 77.8 Å². The van der Waals surface area contributed by atoms with Crippen molar-refractivity contribution in [3.8, 4) is 0 Å². The van der Waals surface area contributed by atoms with E-state index in [0.717, 1.165) is 57.8 Å². The molecule has 0 heterocycles. The van der Waals surface area contributed by atoms with Crippen molar-refractivity contribution in [2.45, 2.75) is 77.2 Å². The van der Waals surface area contributed by atoms with Crippen LogP contribution < -0.4 is 0 Å². The fourth-order valence-corrected chi connectivity index (χ4v) is 8.06. The Morgan fingerprint density at radius 2 is 1.83 bits per heavy atom. The Labute approximate surface area is 144 Å². The quantitative estimate of drug-likeness (QED) is 0.723. The molecule has 0 aromatic rings. The van der Waals surface area contributed by atoms with Crippen LogP contribution in [0.15, 0.2) is 0 Å². The van der Waals surface area contributed by atoms with Gasteiger partial charge >= 0.3 is 5.97 Å². The third kappa shape index (κ3) is 1.90. The average Bonchev–Trinajstić information content (AvgIpc) is 2.73. The molecule has 4 fully saturated rings. The smallest absolute Gasteiger partial charge is 0.309 e. The van der Waals surface area contributed by atoms with Crippen LogP contribution in [-0.4, -0.2) is 33.5 Å². The second kappa shape index (κ2) is 4.97. The third-order valence-corrected chi connectivity index (χ3v) is 9.08. The van der Waals surface area contributed by atoms with Crippen molar-refractivity contribution in [1.29, 1.82) is 0 Å². The van der Waals surface area contributed by atoms with Gasteiger partial charge in [-0.1, -0.05) is 13.3 Å². The predicted octanol–water partition coefficient (Wildman–Crippen LogP) is 3.21. The second-order valence-corrected chi connectivity index (χ2v) is 10.0. The third-order valence-electron chi connectivity index (χ3n) is 9.08. The van der Waals surface area contributed by atoms with Gasteiger partial charge in [-0.05, 0) is 86.9 Å². The summed E-state index contributed by atoms with van der Waals surface area (Å²) in [6.45, 7) is 4.19. The molecule has 3 N–H and O–H groups in total. The predicted molar refractivity (Wildman–Crippen MR) is 90.3 cm³/mol. The van der Waals surface area contributed by atoms with Gasteiger partial charge in [0, 0.05) is 0 Å². The van der Waals surface area contributed by atoms with E-state index in [1.807, 2.05) is 6.92 Å². The van der Waals surface area contributed by atoms with Gasteiger partial charge in [0.1, 0.15) is 0 Å². The summed E-state index contributed by atoms with van der Waals surface area (Å²) < 4.78 is 0. The maximum absolute atomic E-state index is 12.1. The lowest BCUT2D eigenvalue weighted by Crippen LogP contribution is -2.58. The fourth-order valence-electron chi connectivity index (χ4n) is 8.06. The van der Waals surface area contributed by atoms with Crippen molar-refractivity contribution < 1.29 is 20.1 Å². The SMILES string of the molecule is C[C@]12CCC[C@](C)(C(=O)O)[C@@H]1CC[C@@]13C[C@H](CC[C@H]12)[C@](O)(CO)C3. The Morgan fingerprint density at radius 1 is 1.08 bits per heavy atom. The van der Waals surface area contributed by atoms with E-state index in [2.05, 4.69) is 6.92 Å². The Morgan fingerprint density at radius 3 is 2.50 bits per heavy atom. The zero-order chi connectivity index (χ0) is 17.4. The highest BCUT2D eigenvalue weighted by Crippen LogP contribution is 2.72. The number of fused-ring (bicyclic) bond motifs is 3. The van der Waals surface area contributed by atoms with Crippen LogP contribution in [0.5, 0.6) is 0 Å². The maximum Gasteiger partial charge on any atom is 0.309 e. The highest BCUT2D eigenvalue weighted by atomic mass is 16.4. The molecule has 0 saturated heterocycles. The van der Waals surface area contributed by atoms with Crippen LogP contribution in [0.4, 0.5) is 0 Å². The number of carboxylic acids is 1. The molecule has 2 bridgehead atoms. The van der Waals surface area contributed by atoms with Gasteiger partial charge in [0.15, 0.2) is 0 Å². The van der Waals surface area contributed by atoms with Gasteiger partial charge in [0.25, 0.3) is 0 Å². The van der Waals surface area contributed by atoms with E-state index in [1.165, 1.54) is 0 Å². The van der Waals surface area contributed by atoms with Crippen LogP contribution in [0.2, 0.25) is 0 Å². The van der Waals surface area contributed by atoms with E-state index >= 15 is 0 Å². The van der Waals surface area contributed by atoms with Gasteiger partial charge in [-0.15, -0.1) is 0 Å². The molecule has 1 spiro atoms. The first-order chi connectivity index (χ1) is 11.2. The number of hydrogen-bond donors (Lipinski definition) is 3. The molecule has 4 rings (SSSR count). The fraction of sp³-hybridized carbons (Fsp3) is 0.950. The molecular weight excluding hydrogens is 304 g/mol. The summed E-state index contributed by atoms with van der Waals surface area (Å²) in [6.07, 6.45) is 8.73. The number of carbonyl (C=O) groups is 1. The molecule has 4 aliphatic rings. The van der Waals surface area contributed by atoms with Gasteiger partial charge in [-0.3, -0.25) is 4.79 Å².